The number of hydrogen-bond acceptors (Lipinski definition) is 2. The van der Waals surface area contributed by atoms with Crippen molar-refractivity contribution in [3.63, 3.8) is 0 Å². The van der Waals surface area contributed by atoms with Crippen LogP contribution in [0.4, 0.5) is 5.82 Å². The van der Waals surface area contributed by atoms with E-state index in [9.17, 15) is 0 Å². The highest BCUT2D eigenvalue weighted by Gasteiger charge is 1.90. The van der Waals surface area contributed by atoms with Crippen molar-refractivity contribution in [1.82, 2.24) is 4.98 Å². The van der Waals surface area contributed by atoms with Gasteiger partial charge in [-0.3, -0.25) is 0 Å². The lowest BCUT2D eigenvalue weighted by Crippen LogP contribution is -1.83. The predicted molar refractivity (Wildman–Crippen MR) is 51.3 cm³/mol. The average Bonchev–Trinajstić information content (AvgIpc) is 2.09. The van der Waals surface area contributed by atoms with Gasteiger partial charge >= 0.3 is 0 Å². The van der Waals surface area contributed by atoms with Gasteiger partial charge in [0.15, 0.2) is 5.82 Å². The first kappa shape index (κ1) is 8.59. The van der Waals surface area contributed by atoms with Crippen LogP contribution in [-0.2, 0) is 0 Å². The van der Waals surface area contributed by atoms with Crippen LogP contribution in [0.25, 0.3) is 0 Å². The smallest absolute Gasteiger partial charge is 0.153 e. The van der Waals surface area contributed by atoms with Crippen LogP contribution >= 0.6 is 0 Å². The molecule has 0 fully saturated rings. The summed E-state index contributed by atoms with van der Waals surface area (Å²) in [5, 5.41) is 0. The van der Waals surface area contributed by atoms with E-state index in [2.05, 4.69) is 21.7 Å². The van der Waals surface area contributed by atoms with Crippen molar-refractivity contribution < 1.29 is 0 Å². The van der Waals surface area contributed by atoms with Crippen LogP contribution in [0.2, 0.25) is 0 Å². The van der Waals surface area contributed by atoms with Gasteiger partial charge in [0, 0.05) is 6.20 Å². The van der Waals surface area contributed by atoms with Gasteiger partial charge in [-0.2, -0.15) is 0 Å². The molecule has 0 aromatic carbocycles. The van der Waals surface area contributed by atoms with E-state index in [1.54, 1.807) is 13.1 Å². The Hall–Kier alpha value is -1.51. The molecule has 12 heavy (non-hydrogen) atoms. The molecule has 62 valence electrons. The molecule has 0 saturated heterocycles. The predicted octanol–water partition coefficient (Wildman–Crippen LogP) is 2.14. The van der Waals surface area contributed by atoms with Crippen LogP contribution < -0.4 is 0 Å². The van der Waals surface area contributed by atoms with Crippen LogP contribution in [-0.4, -0.2) is 17.5 Å². The van der Waals surface area contributed by atoms with Gasteiger partial charge in [-0.15, -0.1) is 0 Å². The van der Waals surface area contributed by atoms with E-state index in [0.29, 0.717) is 11.7 Å². The lowest BCUT2D eigenvalue weighted by Gasteiger charge is -1.94. The molecule has 0 aliphatic rings. The molecular weight excluding hydrogens is 150 g/mol. The van der Waals surface area contributed by atoms with Crippen LogP contribution in [0.3, 0.4) is 0 Å². The summed E-state index contributed by atoms with van der Waals surface area (Å²) in [5.41, 5.74) is 1.12. The number of aryl methyl sites for hydroxylation is 1. The van der Waals surface area contributed by atoms with E-state index in [1.165, 1.54) is 0 Å². The number of amidine groups is 1. The zero-order valence-electron chi connectivity index (χ0n) is 7.28. The Kier molecular flexibility index (Phi) is 2.69. The number of aromatic nitrogens is 1. The Morgan fingerprint density at radius 2 is 2.25 bits per heavy atom. The van der Waals surface area contributed by atoms with E-state index in [1.807, 2.05) is 19.1 Å². The molecule has 0 N–H and O–H groups in total. The summed E-state index contributed by atoms with van der Waals surface area (Å²) in [6.07, 6.45) is 1.77. The second kappa shape index (κ2) is 3.76. The molecule has 0 unspecified atom stereocenters. The monoisotopic (exact) mass is 161 g/mol. The minimum atomic E-state index is 0.631. The van der Waals surface area contributed by atoms with Crippen molar-refractivity contribution >= 4 is 18.4 Å². The molecule has 0 bridgehead atoms. The van der Waals surface area contributed by atoms with Gasteiger partial charge in [0.1, 0.15) is 5.84 Å². The fourth-order valence-corrected chi connectivity index (χ4v) is 0.727. The minimum absolute atomic E-state index is 0.631. The molecule has 0 radical (unpaired) electrons. The lowest BCUT2D eigenvalue weighted by atomic mass is 10.3. The highest BCUT2D eigenvalue weighted by Crippen LogP contribution is 2.07. The Morgan fingerprint density at radius 3 is 2.75 bits per heavy atom. The van der Waals surface area contributed by atoms with Crippen molar-refractivity contribution in [2.45, 2.75) is 13.8 Å². The summed E-state index contributed by atoms with van der Waals surface area (Å²) in [6, 6.07) is 3.81. The molecular formula is C9H11N3. The molecule has 0 aliphatic heterocycles. The minimum Gasteiger partial charge on any atom is -0.249 e. The van der Waals surface area contributed by atoms with Crippen LogP contribution in [0.15, 0.2) is 28.3 Å². The van der Waals surface area contributed by atoms with Crippen molar-refractivity contribution in [2.75, 3.05) is 0 Å². The molecule has 0 saturated carbocycles. The van der Waals surface area contributed by atoms with Gasteiger partial charge in [-0.25, -0.2) is 15.0 Å². The SMILES string of the molecule is C=NC(C)=Nc1ccc(C)cn1. The summed E-state index contributed by atoms with van der Waals surface area (Å²) < 4.78 is 0. The molecule has 1 aromatic heterocycles. The molecule has 1 rings (SSSR count). The number of rotatable bonds is 1. The first-order chi connectivity index (χ1) is 5.72. The number of pyridine rings is 1. The maximum absolute atomic E-state index is 4.10. The van der Waals surface area contributed by atoms with Crippen LogP contribution in [0.5, 0.6) is 0 Å². The second-order valence-electron chi connectivity index (χ2n) is 2.51. The van der Waals surface area contributed by atoms with Crippen LogP contribution in [0, 0.1) is 6.92 Å². The van der Waals surface area contributed by atoms with Crippen molar-refractivity contribution in [2.24, 2.45) is 9.98 Å². The van der Waals surface area contributed by atoms with E-state index >= 15 is 0 Å². The largest absolute Gasteiger partial charge is 0.249 e. The standard InChI is InChI=1S/C9H11N3/c1-7-4-5-9(11-6-7)12-8(2)10-3/h4-6H,3H2,1-2H3. The van der Waals surface area contributed by atoms with Crippen molar-refractivity contribution in [3.8, 4) is 0 Å². The van der Waals surface area contributed by atoms with Gasteiger partial charge in [0.25, 0.3) is 0 Å². The fourth-order valence-electron chi connectivity index (χ4n) is 0.727. The second-order valence-corrected chi connectivity index (χ2v) is 2.51. The first-order valence-corrected chi connectivity index (χ1v) is 3.67. The van der Waals surface area contributed by atoms with E-state index < -0.39 is 0 Å². The Labute approximate surface area is 71.9 Å². The fraction of sp³-hybridized carbons (Fsp3) is 0.222. The zero-order chi connectivity index (χ0) is 8.97. The Bertz CT molecular complexity index is 298. The molecule has 1 aromatic rings. The highest BCUT2D eigenvalue weighted by molar-refractivity contribution is 5.85. The summed E-state index contributed by atoms with van der Waals surface area (Å²) in [6.45, 7) is 7.14. The van der Waals surface area contributed by atoms with Gasteiger partial charge in [0.05, 0.1) is 0 Å². The third-order valence-electron chi connectivity index (χ3n) is 1.40. The van der Waals surface area contributed by atoms with E-state index in [4.69, 9.17) is 0 Å². The Balaban J connectivity index is 2.91. The third kappa shape index (κ3) is 2.27. The van der Waals surface area contributed by atoms with Gasteiger partial charge in [-0.05, 0) is 32.2 Å². The summed E-state index contributed by atoms with van der Waals surface area (Å²) in [4.78, 5) is 11.9. The zero-order valence-corrected chi connectivity index (χ0v) is 7.28. The van der Waals surface area contributed by atoms with Crippen molar-refractivity contribution in [3.05, 3.63) is 23.9 Å². The molecule has 1 heterocycles. The van der Waals surface area contributed by atoms with Crippen molar-refractivity contribution in [1.29, 1.82) is 0 Å². The highest BCUT2D eigenvalue weighted by atomic mass is 15.0. The molecule has 0 aliphatic carbocycles. The Morgan fingerprint density at radius 1 is 1.50 bits per heavy atom. The summed E-state index contributed by atoms with van der Waals surface area (Å²) in [7, 11) is 0. The molecule has 0 atom stereocenters. The van der Waals surface area contributed by atoms with Gasteiger partial charge < -0.3 is 0 Å². The number of nitrogens with zero attached hydrogens (tertiary/aromatic N) is 3. The average molecular weight is 161 g/mol. The molecule has 0 amide bonds. The number of hydrogen-bond donors (Lipinski definition) is 0. The van der Waals surface area contributed by atoms with Gasteiger partial charge in [-0.1, -0.05) is 6.07 Å². The maximum atomic E-state index is 4.10. The van der Waals surface area contributed by atoms with Crippen LogP contribution in [0.1, 0.15) is 12.5 Å². The molecule has 0 spiro atoms. The molecule has 3 heteroatoms. The molecule has 3 nitrogen and oxygen atoms in total. The van der Waals surface area contributed by atoms with Gasteiger partial charge in [0.2, 0.25) is 0 Å². The summed E-state index contributed by atoms with van der Waals surface area (Å²) in [5.74, 6) is 1.30. The van der Waals surface area contributed by atoms with E-state index in [-0.39, 0.29) is 0 Å². The first-order valence-electron chi connectivity index (χ1n) is 3.67. The lowest BCUT2D eigenvalue weighted by molar-refractivity contribution is 1.23. The quantitative estimate of drug-likeness (QED) is 0.459. The number of aliphatic imine (C=N–C) groups is 2. The third-order valence-corrected chi connectivity index (χ3v) is 1.40. The summed E-state index contributed by atoms with van der Waals surface area (Å²) >= 11 is 0. The van der Waals surface area contributed by atoms with E-state index in [0.717, 1.165) is 5.56 Å². The topological polar surface area (TPSA) is 37.6 Å². The normalized spacial score (nSPS) is 11.3. The maximum Gasteiger partial charge on any atom is 0.153 e.